The maximum Gasteiger partial charge on any atom is 0.267 e. The highest BCUT2D eigenvalue weighted by molar-refractivity contribution is 6.31. The van der Waals surface area contributed by atoms with Crippen LogP contribution in [-0.4, -0.2) is 39.6 Å². The van der Waals surface area contributed by atoms with Crippen LogP contribution >= 0.6 is 11.6 Å². The van der Waals surface area contributed by atoms with Crippen LogP contribution in [0.1, 0.15) is 40.4 Å². The second-order valence-electron chi connectivity index (χ2n) is 9.07. The molecule has 7 nitrogen and oxygen atoms in total. The van der Waals surface area contributed by atoms with E-state index < -0.39 is 5.91 Å². The number of carbonyl (C=O) groups excluding carboxylic acids is 1. The molecule has 8 heteroatoms. The van der Waals surface area contributed by atoms with Gasteiger partial charge in [-0.3, -0.25) is 14.9 Å². The van der Waals surface area contributed by atoms with Gasteiger partial charge in [0.05, 0.1) is 12.1 Å². The van der Waals surface area contributed by atoms with Crippen LogP contribution in [0.4, 0.5) is 0 Å². The summed E-state index contributed by atoms with van der Waals surface area (Å²) in [6, 6.07) is 14.6. The maximum atomic E-state index is 11.3. The molecule has 0 saturated heterocycles. The Hall–Kier alpha value is -3.52. The Morgan fingerprint density at radius 1 is 1.25 bits per heavy atom. The zero-order valence-corrected chi connectivity index (χ0v) is 20.8. The highest BCUT2D eigenvalue weighted by Crippen LogP contribution is 2.38. The topological polar surface area (TPSA) is 93.4 Å². The van der Waals surface area contributed by atoms with Gasteiger partial charge < -0.3 is 14.7 Å². The Balaban J connectivity index is 1.39. The fourth-order valence-corrected chi connectivity index (χ4v) is 5.30. The van der Waals surface area contributed by atoms with Gasteiger partial charge in [-0.05, 0) is 65.8 Å². The van der Waals surface area contributed by atoms with Crippen molar-refractivity contribution in [3.63, 3.8) is 0 Å². The largest absolute Gasteiger partial charge is 0.497 e. The van der Waals surface area contributed by atoms with E-state index >= 15 is 0 Å². The summed E-state index contributed by atoms with van der Waals surface area (Å²) in [6.07, 6.45) is 9.89. The molecular formula is C28H29ClN4O3. The van der Waals surface area contributed by atoms with Crippen molar-refractivity contribution in [2.75, 3.05) is 13.7 Å². The van der Waals surface area contributed by atoms with Crippen LogP contribution in [0.25, 0.3) is 17.0 Å². The summed E-state index contributed by atoms with van der Waals surface area (Å²) in [4.78, 5) is 20.5. The predicted molar refractivity (Wildman–Crippen MR) is 141 cm³/mol. The number of aryl methyl sites for hydroxylation is 1. The monoisotopic (exact) mass is 504 g/mol. The summed E-state index contributed by atoms with van der Waals surface area (Å²) in [5, 5.41) is 10.7. The number of aromatic nitrogens is 2. The third-order valence-electron chi connectivity index (χ3n) is 6.97. The number of hydrogen-bond donors (Lipinski definition) is 4. The lowest BCUT2D eigenvalue weighted by molar-refractivity contribution is -0.124. The van der Waals surface area contributed by atoms with E-state index in [-0.39, 0.29) is 6.04 Å². The molecule has 2 aromatic heterocycles. The van der Waals surface area contributed by atoms with Gasteiger partial charge in [-0.2, -0.15) is 0 Å². The Kier molecular flexibility index (Phi) is 7.13. The normalized spacial score (nSPS) is 15.2. The van der Waals surface area contributed by atoms with Gasteiger partial charge in [0.25, 0.3) is 5.91 Å². The van der Waals surface area contributed by atoms with E-state index in [4.69, 9.17) is 21.5 Å². The minimum absolute atomic E-state index is 0.267. The van der Waals surface area contributed by atoms with Crippen LogP contribution < -0.4 is 10.2 Å². The van der Waals surface area contributed by atoms with E-state index in [0.29, 0.717) is 0 Å². The molecule has 2 aromatic carbocycles. The molecule has 1 aliphatic rings. The maximum absolute atomic E-state index is 11.3. The quantitative estimate of drug-likeness (QED) is 0.139. The first kappa shape index (κ1) is 24.2. The number of nitrogens with zero attached hydrogens (tertiary/aromatic N) is 1. The Bertz CT molecular complexity index is 1410. The first-order chi connectivity index (χ1) is 17.6. The molecule has 36 heavy (non-hydrogen) atoms. The highest BCUT2D eigenvalue weighted by Gasteiger charge is 2.29. The van der Waals surface area contributed by atoms with Crippen LogP contribution in [0, 0.1) is 0 Å². The zero-order valence-electron chi connectivity index (χ0n) is 20.1. The van der Waals surface area contributed by atoms with Crippen molar-refractivity contribution in [1.82, 2.24) is 20.3 Å². The Morgan fingerprint density at radius 3 is 2.92 bits per heavy atom. The van der Waals surface area contributed by atoms with Crippen LogP contribution in [-0.2, 0) is 24.2 Å². The molecule has 4 N–H and O–H groups in total. The van der Waals surface area contributed by atoms with Gasteiger partial charge in [-0.1, -0.05) is 29.8 Å². The van der Waals surface area contributed by atoms with Gasteiger partial charge in [0.1, 0.15) is 5.75 Å². The lowest BCUT2D eigenvalue weighted by Crippen LogP contribution is -2.29. The van der Waals surface area contributed by atoms with Crippen molar-refractivity contribution in [3.8, 4) is 5.75 Å². The van der Waals surface area contributed by atoms with Crippen molar-refractivity contribution in [2.45, 2.75) is 31.8 Å². The number of carbonyl (C=O) groups is 1. The molecule has 0 aliphatic heterocycles. The average molecular weight is 505 g/mol. The van der Waals surface area contributed by atoms with E-state index in [1.54, 1.807) is 18.7 Å². The number of halogens is 1. The second kappa shape index (κ2) is 10.6. The third kappa shape index (κ3) is 5.04. The van der Waals surface area contributed by atoms with Crippen LogP contribution in [0.5, 0.6) is 5.75 Å². The number of nitrogens with one attached hydrogen (secondary N) is 3. The van der Waals surface area contributed by atoms with Crippen molar-refractivity contribution in [3.05, 3.63) is 93.9 Å². The molecule has 1 atom stereocenters. The number of methoxy groups -OCH3 is 1. The SMILES string of the molecule is COc1ccc2c(CCN(Cc3[nH]ccc3Cl)C3CCc4cc(C=CC(=O)NO)ccc43)c[nH]c2c1. The molecule has 5 rings (SSSR count). The number of H-pyrrole nitrogens is 2. The number of ether oxygens (including phenoxy) is 1. The standard InChI is InChI=1S/C28H29ClN4O3/c1-36-21-5-7-22-20(16-31-25(22)15-21)11-13-33(17-26-24(29)10-12-30-26)27-8-4-19-14-18(2-6-23(19)27)3-9-28(34)32-35/h2-3,5-7,9-10,12,14-16,27,30-31,35H,4,8,11,13,17H2,1H3,(H,32,34). The van der Waals surface area contributed by atoms with E-state index in [9.17, 15) is 4.79 Å². The van der Waals surface area contributed by atoms with Crippen LogP contribution in [0.3, 0.4) is 0 Å². The van der Waals surface area contributed by atoms with Crippen LogP contribution in [0.2, 0.25) is 5.02 Å². The fourth-order valence-electron chi connectivity index (χ4n) is 5.12. The number of aromatic amines is 2. The summed E-state index contributed by atoms with van der Waals surface area (Å²) in [6.45, 7) is 1.60. The first-order valence-corrected chi connectivity index (χ1v) is 12.4. The molecule has 0 spiro atoms. The summed E-state index contributed by atoms with van der Waals surface area (Å²) < 4.78 is 5.36. The van der Waals surface area contributed by atoms with Gasteiger partial charge in [0.2, 0.25) is 0 Å². The van der Waals surface area contributed by atoms with Crippen LogP contribution in [0.15, 0.2) is 60.9 Å². The van der Waals surface area contributed by atoms with Gasteiger partial charge in [-0.25, -0.2) is 5.48 Å². The molecule has 4 aromatic rings. The van der Waals surface area contributed by atoms with Crippen molar-refractivity contribution < 1.29 is 14.7 Å². The molecule has 1 amide bonds. The van der Waals surface area contributed by atoms with Crippen molar-refractivity contribution in [1.29, 1.82) is 0 Å². The van der Waals surface area contributed by atoms with E-state index in [0.717, 1.165) is 59.9 Å². The number of amides is 1. The van der Waals surface area contributed by atoms with Gasteiger partial charge >= 0.3 is 0 Å². The summed E-state index contributed by atoms with van der Waals surface area (Å²) in [5.74, 6) is 0.297. The number of hydroxylamine groups is 1. The number of fused-ring (bicyclic) bond motifs is 2. The molecule has 0 saturated carbocycles. The summed E-state index contributed by atoms with van der Waals surface area (Å²) in [5.41, 5.74) is 8.52. The third-order valence-corrected chi connectivity index (χ3v) is 7.33. The molecule has 0 bridgehead atoms. The predicted octanol–water partition coefficient (Wildman–Crippen LogP) is 5.41. The molecule has 0 fully saturated rings. The summed E-state index contributed by atoms with van der Waals surface area (Å²) >= 11 is 6.46. The lowest BCUT2D eigenvalue weighted by Gasteiger charge is -2.29. The van der Waals surface area contributed by atoms with E-state index in [2.05, 4.69) is 39.3 Å². The average Bonchev–Trinajstić information content (AvgIpc) is 3.62. The minimum atomic E-state index is -0.543. The first-order valence-electron chi connectivity index (χ1n) is 12.0. The molecule has 2 heterocycles. The minimum Gasteiger partial charge on any atom is -0.497 e. The molecule has 1 unspecified atom stereocenters. The highest BCUT2D eigenvalue weighted by atomic mass is 35.5. The number of benzene rings is 2. The zero-order chi connectivity index (χ0) is 25.1. The van der Waals surface area contributed by atoms with Gasteiger partial charge in [-0.15, -0.1) is 0 Å². The summed E-state index contributed by atoms with van der Waals surface area (Å²) in [7, 11) is 1.68. The van der Waals surface area contributed by atoms with Gasteiger partial charge in [0.15, 0.2) is 0 Å². The van der Waals surface area contributed by atoms with E-state index in [1.165, 1.54) is 28.2 Å². The lowest BCUT2D eigenvalue weighted by atomic mass is 10.0. The Morgan fingerprint density at radius 2 is 2.14 bits per heavy atom. The van der Waals surface area contributed by atoms with Crippen molar-refractivity contribution in [2.24, 2.45) is 0 Å². The van der Waals surface area contributed by atoms with Crippen molar-refractivity contribution >= 4 is 34.5 Å². The second-order valence-corrected chi connectivity index (χ2v) is 9.48. The molecule has 186 valence electrons. The number of rotatable bonds is 9. The fraction of sp³-hybridized carbons (Fsp3) is 0.250. The smallest absolute Gasteiger partial charge is 0.267 e. The Labute approximate surface area is 214 Å². The molecule has 0 radical (unpaired) electrons. The van der Waals surface area contributed by atoms with E-state index in [1.807, 2.05) is 30.5 Å². The number of hydrogen-bond acceptors (Lipinski definition) is 4. The molecule has 1 aliphatic carbocycles. The van der Waals surface area contributed by atoms with Gasteiger partial charge in [0, 0.05) is 60.3 Å². The molecular weight excluding hydrogens is 476 g/mol.